The molecule has 0 unspecified atom stereocenters. The fraction of sp³-hybridized carbons (Fsp3) is 0.290. The van der Waals surface area contributed by atoms with Crippen LogP contribution in [0, 0.1) is 5.92 Å². The second kappa shape index (κ2) is 12.1. The van der Waals surface area contributed by atoms with E-state index in [0.717, 1.165) is 60.6 Å². The summed E-state index contributed by atoms with van der Waals surface area (Å²) in [5.41, 5.74) is 4.59. The topological polar surface area (TPSA) is 110 Å². The Bertz CT molecular complexity index is 1580. The highest BCUT2D eigenvalue weighted by atomic mass is 35.5. The van der Waals surface area contributed by atoms with Crippen LogP contribution < -0.4 is 5.32 Å². The zero-order valence-electron chi connectivity index (χ0n) is 22.4. The number of halogens is 1. The lowest BCUT2D eigenvalue weighted by molar-refractivity contribution is -0.122. The molecule has 10 heteroatoms. The first-order chi connectivity index (χ1) is 20.0. The van der Waals surface area contributed by atoms with E-state index in [1.807, 2.05) is 42.5 Å². The molecule has 0 bridgehead atoms. The molecular formula is C31H29ClN6O3. The lowest BCUT2D eigenvalue weighted by atomic mass is 9.96. The molecule has 4 aromatic rings. The first kappa shape index (κ1) is 27.0. The van der Waals surface area contributed by atoms with E-state index >= 15 is 0 Å². The van der Waals surface area contributed by atoms with Crippen molar-refractivity contribution in [2.24, 2.45) is 5.92 Å². The maximum atomic E-state index is 13.3. The maximum Gasteiger partial charge on any atom is 0.254 e. The van der Waals surface area contributed by atoms with Gasteiger partial charge >= 0.3 is 0 Å². The molecular weight excluding hydrogens is 540 g/mol. The normalized spacial score (nSPS) is 15.1. The molecule has 4 heterocycles. The van der Waals surface area contributed by atoms with Gasteiger partial charge in [0.05, 0.1) is 10.7 Å². The van der Waals surface area contributed by atoms with Crippen molar-refractivity contribution >= 4 is 23.4 Å². The molecule has 0 atom stereocenters. The maximum absolute atomic E-state index is 13.3. The van der Waals surface area contributed by atoms with E-state index in [4.69, 9.17) is 21.3 Å². The van der Waals surface area contributed by atoms with Crippen LogP contribution in [0.3, 0.4) is 0 Å². The minimum atomic E-state index is -0.232. The molecule has 2 aromatic carbocycles. The first-order valence-corrected chi connectivity index (χ1v) is 14.1. The Kier molecular flexibility index (Phi) is 7.98. The summed E-state index contributed by atoms with van der Waals surface area (Å²) in [4.78, 5) is 45.3. The second-order valence-corrected chi connectivity index (χ2v) is 10.7. The van der Waals surface area contributed by atoms with Crippen molar-refractivity contribution in [3.8, 4) is 22.6 Å². The van der Waals surface area contributed by atoms with Crippen LogP contribution in [0.1, 0.15) is 40.2 Å². The Balaban J connectivity index is 1.09. The zero-order valence-corrected chi connectivity index (χ0v) is 23.2. The molecule has 41 heavy (non-hydrogen) atoms. The van der Waals surface area contributed by atoms with Crippen LogP contribution >= 0.6 is 11.6 Å². The number of carbonyl (C=O) groups is 2. The van der Waals surface area contributed by atoms with Gasteiger partial charge in [0.1, 0.15) is 12.4 Å². The smallest absolute Gasteiger partial charge is 0.254 e. The van der Waals surface area contributed by atoms with Crippen molar-refractivity contribution in [2.45, 2.75) is 32.4 Å². The minimum absolute atomic E-state index is 0.0339. The molecule has 1 N–H and O–H groups in total. The molecule has 0 aliphatic carbocycles. The van der Waals surface area contributed by atoms with Gasteiger partial charge in [-0.15, -0.1) is 0 Å². The number of benzene rings is 2. The van der Waals surface area contributed by atoms with Crippen LogP contribution in [0.4, 0.5) is 0 Å². The average molecular weight is 569 g/mol. The van der Waals surface area contributed by atoms with Gasteiger partial charge in [-0.3, -0.25) is 9.59 Å². The third kappa shape index (κ3) is 6.26. The number of fused-ring (bicyclic) bond motifs is 1. The third-order valence-electron chi connectivity index (χ3n) is 7.44. The summed E-state index contributed by atoms with van der Waals surface area (Å²) in [6, 6.07) is 15.1. The lowest BCUT2D eigenvalue weighted by Gasteiger charge is -2.21. The van der Waals surface area contributed by atoms with Crippen molar-refractivity contribution in [3.63, 3.8) is 0 Å². The Morgan fingerprint density at radius 2 is 1.85 bits per heavy atom. The number of hydrogen-bond acceptors (Lipinski definition) is 7. The van der Waals surface area contributed by atoms with Gasteiger partial charge in [-0.1, -0.05) is 41.9 Å². The number of nitrogens with one attached hydrogen (secondary N) is 1. The Hall–Kier alpha value is -4.21. The highest BCUT2D eigenvalue weighted by molar-refractivity contribution is 6.32. The second-order valence-electron chi connectivity index (χ2n) is 10.3. The number of nitrogens with zero attached hydrogens (tertiary/aromatic N) is 5. The van der Waals surface area contributed by atoms with Gasteiger partial charge in [-0.25, -0.2) is 19.9 Å². The van der Waals surface area contributed by atoms with Crippen LogP contribution in [0.15, 0.2) is 67.1 Å². The van der Waals surface area contributed by atoms with Crippen molar-refractivity contribution in [1.29, 1.82) is 0 Å². The van der Waals surface area contributed by atoms with E-state index in [1.165, 1.54) is 0 Å². The van der Waals surface area contributed by atoms with Gasteiger partial charge in [-0.2, -0.15) is 0 Å². The van der Waals surface area contributed by atoms with Crippen LogP contribution in [-0.4, -0.2) is 56.4 Å². The Morgan fingerprint density at radius 3 is 2.68 bits per heavy atom. The zero-order chi connectivity index (χ0) is 28.2. The largest absolute Gasteiger partial charge is 0.381 e. The average Bonchev–Trinajstić information content (AvgIpc) is 3.32. The van der Waals surface area contributed by atoms with Crippen LogP contribution in [0.5, 0.6) is 0 Å². The first-order valence-electron chi connectivity index (χ1n) is 13.7. The summed E-state index contributed by atoms with van der Waals surface area (Å²) in [6.07, 6.45) is 7.77. The summed E-state index contributed by atoms with van der Waals surface area (Å²) in [5.74, 6) is 1.43. The van der Waals surface area contributed by atoms with E-state index < -0.39 is 0 Å². The highest BCUT2D eigenvalue weighted by Crippen LogP contribution is 2.31. The van der Waals surface area contributed by atoms with E-state index in [0.29, 0.717) is 41.1 Å². The van der Waals surface area contributed by atoms with Gasteiger partial charge in [0.15, 0.2) is 5.82 Å². The number of rotatable bonds is 8. The molecule has 6 rings (SSSR count). The van der Waals surface area contributed by atoms with Gasteiger partial charge in [0.2, 0.25) is 5.91 Å². The van der Waals surface area contributed by atoms with Crippen molar-refractivity contribution in [3.05, 3.63) is 94.7 Å². The summed E-state index contributed by atoms with van der Waals surface area (Å²) >= 11 is 6.49. The van der Waals surface area contributed by atoms with Crippen molar-refractivity contribution in [2.75, 3.05) is 19.8 Å². The van der Waals surface area contributed by atoms with Crippen LogP contribution in [0.25, 0.3) is 22.6 Å². The number of aromatic nitrogens is 4. The van der Waals surface area contributed by atoms with Crippen molar-refractivity contribution < 1.29 is 14.3 Å². The van der Waals surface area contributed by atoms with E-state index in [2.05, 4.69) is 20.3 Å². The van der Waals surface area contributed by atoms with Gasteiger partial charge in [0, 0.05) is 68.0 Å². The summed E-state index contributed by atoms with van der Waals surface area (Å²) in [5, 5.41) is 3.36. The molecule has 1 saturated heterocycles. The lowest BCUT2D eigenvalue weighted by Crippen LogP contribution is -2.37. The molecule has 2 amide bonds. The molecule has 0 radical (unpaired) electrons. The van der Waals surface area contributed by atoms with Crippen LogP contribution in [-0.2, 0) is 29.0 Å². The van der Waals surface area contributed by atoms with E-state index in [-0.39, 0.29) is 18.4 Å². The van der Waals surface area contributed by atoms with Crippen LogP contribution in [0.2, 0.25) is 5.02 Å². The predicted octanol–water partition coefficient (Wildman–Crippen LogP) is 4.50. The van der Waals surface area contributed by atoms with Gasteiger partial charge in [0.25, 0.3) is 5.91 Å². The Morgan fingerprint density at radius 1 is 1.02 bits per heavy atom. The summed E-state index contributed by atoms with van der Waals surface area (Å²) < 4.78 is 5.46. The standard InChI is InChI=1S/C31H29ClN6O3/c32-26-17-35-27(14-20-7-11-41-12-8-20)37-29(26)22-5-6-24-18-38(31(40)25(24)15-22)19-28(39)36-16-21-3-1-4-23(13-21)30-33-9-2-10-34-30/h1-6,9-10,13,15,17,20H,7-8,11-12,14,16,18-19H2,(H,36,39). The van der Waals surface area contributed by atoms with E-state index in [1.54, 1.807) is 29.6 Å². The van der Waals surface area contributed by atoms with Gasteiger partial charge < -0.3 is 15.0 Å². The van der Waals surface area contributed by atoms with E-state index in [9.17, 15) is 9.59 Å². The number of hydrogen-bond donors (Lipinski definition) is 1. The highest BCUT2D eigenvalue weighted by Gasteiger charge is 2.29. The minimum Gasteiger partial charge on any atom is -0.381 e. The third-order valence-corrected chi connectivity index (χ3v) is 7.72. The molecule has 1 fully saturated rings. The molecule has 0 saturated carbocycles. The number of ether oxygens (including phenoxy) is 1. The van der Waals surface area contributed by atoms with Gasteiger partial charge in [-0.05, 0) is 48.1 Å². The fourth-order valence-corrected chi connectivity index (χ4v) is 5.45. The molecule has 0 spiro atoms. The molecule has 2 aliphatic heterocycles. The molecule has 208 valence electrons. The summed E-state index contributed by atoms with van der Waals surface area (Å²) in [7, 11) is 0. The Labute approximate surface area is 243 Å². The monoisotopic (exact) mass is 568 g/mol. The molecule has 2 aromatic heterocycles. The molecule has 2 aliphatic rings. The predicted molar refractivity (Wildman–Crippen MR) is 154 cm³/mol. The molecule has 9 nitrogen and oxygen atoms in total. The fourth-order valence-electron chi connectivity index (χ4n) is 5.25. The number of amides is 2. The SMILES string of the molecule is O=C(CN1Cc2ccc(-c3nc(CC4CCOCC4)ncc3Cl)cc2C1=O)NCc1cccc(-c2ncccn2)c1. The quantitative estimate of drug-likeness (QED) is 0.333. The van der Waals surface area contributed by atoms with Crippen molar-refractivity contribution in [1.82, 2.24) is 30.2 Å². The summed E-state index contributed by atoms with van der Waals surface area (Å²) in [6.45, 7) is 2.21. The number of carbonyl (C=O) groups excluding carboxylic acids is 2.